The van der Waals surface area contributed by atoms with E-state index in [0.717, 1.165) is 0 Å². The molecule has 0 radical (unpaired) electrons. The van der Waals surface area contributed by atoms with Gasteiger partial charge >= 0.3 is 5.25 Å². The lowest BCUT2D eigenvalue weighted by molar-refractivity contribution is 0.0879. The van der Waals surface area contributed by atoms with Gasteiger partial charge in [-0.05, 0) is 0 Å². The molecule has 1 unspecified atom stereocenters. The molecule has 0 amide bonds. The molecule has 0 aliphatic rings. The molecule has 0 bridgehead atoms. The van der Waals surface area contributed by atoms with Gasteiger partial charge in [0.1, 0.15) is 11.4 Å². The highest BCUT2D eigenvalue weighted by molar-refractivity contribution is 7.90. The van der Waals surface area contributed by atoms with Crippen LogP contribution in [-0.4, -0.2) is 9.81 Å². The minimum Gasteiger partial charge on any atom is -0.593 e. The van der Waals surface area contributed by atoms with Crippen LogP contribution in [0.2, 0.25) is 0 Å². The molecule has 8 heavy (non-hydrogen) atoms. The first-order valence-electron chi connectivity index (χ1n) is 2.05. The van der Waals surface area contributed by atoms with E-state index in [9.17, 15) is 13.3 Å². The number of rotatable bonds is 2. The van der Waals surface area contributed by atoms with Crippen LogP contribution in [0.25, 0.3) is 0 Å². The summed E-state index contributed by atoms with van der Waals surface area (Å²) in [4.78, 5) is 0. The van der Waals surface area contributed by atoms with Gasteiger partial charge < -0.3 is 4.55 Å². The zero-order chi connectivity index (χ0) is 6.78. The molecule has 0 aromatic heterocycles. The third-order valence-corrected chi connectivity index (χ3v) is 1.58. The van der Waals surface area contributed by atoms with Crippen LogP contribution in [0.4, 0.5) is 8.78 Å². The summed E-state index contributed by atoms with van der Waals surface area (Å²) in [6.07, 6.45) is -0.476. The lowest BCUT2D eigenvalue weighted by Crippen LogP contribution is -2.34. The summed E-state index contributed by atoms with van der Waals surface area (Å²) in [5.74, 6) is 0. The lowest BCUT2D eigenvalue weighted by Gasteiger charge is -2.12. The third-order valence-electron chi connectivity index (χ3n) is 0.706. The fourth-order valence-electron chi connectivity index (χ4n) is 0.142. The quantitative estimate of drug-likeness (QED) is 0.576. The molecule has 0 aromatic rings. The topological polar surface area (TPSA) is 49.1 Å². The Morgan fingerprint density at radius 3 is 2.12 bits per heavy atom. The summed E-state index contributed by atoms with van der Waals surface area (Å²) in [5.41, 5.74) is 0. The van der Waals surface area contributed by atoms with Gasteiger partial charge in [0.25, 0.3) is 0 Å². The second-order valence-corrected chi connectivity index (χ2v) is 2.48. The predicted molar refractivity (Wildman–Crippen MR) is 27.6 cm³/mol. The average molecular weight is 143 g/mol. The average Bonchev–Trinajstić information content (AvgIpc) is 1.67. The molecule has 5 heteroatoms. The van der Waals surface area contributed by atoms with Crippen molar-refractivity contribution in [2.45, 2.75) is 18.6 Å². The third kappa shape index (κ3) is 1.94. The smallest absolute Gasteiger partial charge is 0.424 e. The maximum atomic E-state index is 11.9. The fourth-order valence-corrected chi connectivity index (χ4v) is 0.427. The first-order chi connectivity index (χ1) is 3.50. The van der Waals surface area contributed by atoms with Crippen LogP contribution in [0.15, 0.2) is 0 Å². The zero-order valence-corrected chi connectivity index (χ0v) is 5.17. The first kappa shape index (κ1) is 8.13. The van der Waals surface area contributed by atoms with Gasteiger partial charge in [0.05, 0.1) is 6.42 Å². The van der Waals surface area contributed by atoms with Crippen molar-refractivity contribution in [3.05, 3.63) is 0 Å². The molecule has 1 atom stereocenters. The highest BCUT2D eigenvalue weighted by Crippen LogP contribution is 2.21. The summed E-state index contributed by atoms with van der Waals surface area (Å²) in [7, 11) is 0. The monoisotopic (exact) mass is 143 g/mol. The maximum absolute atomic E-state index is 11.9. The van der Waals surface area contributed by atoms with Gasteiger partial charge in [0.15, 0.2) is 0 Å². The molecular formula is C3H7F2NOS. The van der Waals surface area contributed by atoms with Crippen LogP contribution in [0, 0.1) is 0 Å². The highest BCUT2D eigenvalue weighted by atomic mass is 32.2. The summed E-state index contributed by atoms with van der Waals surface area (Å²) < 4.78 is 33.5. The van der Waals surface area contributed by atoms with Crippen molar-refractivity contribution >= 4 is 11.4 Å². The number of nitrogens with two attached hydrogens (primary N) is 1. The molecule has 0 heterocycles. The van der Waals surface area contributed by atoms with Crippen LogP contribution in [0.3, 0.4) is 0 Å². The first-order valence-corrected chi connectivity index (χ1v) is 3.26. The second kappa shape index (κ2) is 2.61. The van der Waals surface area contributed by atoms with E-state index in [1.165, 1.54) is 6.92 Å². The standard InChI is InChI=1S/C3H7F2NOS/c1-2-3(4,5)8(6)7/h2,6H2,1H3. The highest BCUT2D eigenvalue weighted by Gasteiger charge is 2.39. The van der Waals surface area contributed by atoms with Crippen molar-refractivity contribution in [3.8, 4) is 0 Å². The Bertz CT molecular complexity index is 77.7. The van der Waals surface area contributed by atoms with E-state index in [2.05, 4.69) is 5.14 Å². The van der Waals surface area contributed by atoms with E-state index in [1.54, 1.807) is 0 Å². The molecule has 0 fully saturated rings. The Morgan fingerprint density at radius 1 is 1.75 bits per heavy atom. The molecule has 50 valence electrons. The van der Waals surface area contributed by atoms with Gasteiger partial charge in [-0.2, -0.15) is 8.78 Å². The van der Waals surface area contributed by atoms with Crippen molar-refractivity contribution in [3.63, 3.8) is 0 Å². The zero-order valence-electron chi connectivity index (χ0n) is 4.36. The Labute approximate surface area is 49.4 Å². The summed E-state index contributed by atoms with van der Waals surface area (Å²) in [5, 5.41) is 1.19. The fraction of sp³-hybridized carbons (Fsp3) is 1.00. The van der Waals surface area contributed by atoms with Crippen LogP contribution < -0.4 is 5.14 Å². The number of halogens is 2. The van der Waals surface area contributed by atoms with Gasteiger partial charge in [0.2, 0.25) is 0 Å². The Hall–Kier alpha value is 0.130. The van der Waals surface area contributed by atoms with Crippen molar-refractivity contribution in [1.29, 1.82) is 0 Å². The van der Waals surface area contributed by atoms with E-state index in [4.69, 9.17) is 0 Å². The van der Waals surface area contributed by atoms with Crippen molar-refractivity contribution in [2.24, 2.45) is 5.14 Å². The summed E-state index contributed by atoms with van der Waals surface area (Å²) in [6, 6.07) is 0. The molecule has 0 rings (SSSR count). The molecule has 0 aliphatic carbocycles. The second-order valence-electron chi connectivity index (χ2n) is 1.29. The SMILES string of the molecule is CCC(F)(F)[S+](N)[O-]. The van der Waals surface area contributed by atoms with Crippen molar-refractivity contribution in [1.82, 2.24) is 0 Å². The van der Waals surface area contributed by atoms with Gasteiger partial charge in [-0.15, -0.1) is 5.14 Å². The molecular weight excluding hydrogens is 136 g/mol. The van der Waals surface area contributed by atoms with E-state index < -0.39 is 23.0 Å². The van der Waals surface area contributed by atoms with E-state index in [-0.39, 0.29) is 0 Å². The molecule has 0 aromatic carbocycles. The molecule has 0 spiro atoms. The molecule has 0 saturated carbocycles. The van der Waals surface area contributed by atoms with Gasteiger partial charge in [-0.25, -0.2) is 0 Å². The van der Waals surface area contributed by atoms with Gasteiger partial charge in [0, 0.05) is 0 Å². The molecule has 0 saturated heterocycles. The van der Waals surface area contributed by atoms with Crippen LogP contribution in [0.5, 0.6) is 0 Å². The van der Waals surface area contributed by atoms with E-state index in [0.29, 0.717) is 0 Å². The molecule has 2 N–H and O–H groups in total. The van der Waals surface area contributed by atoms with Gasteiger partial charge in [-0.1, -0.05) is 6.92 Å². The largest absolute Gasteiger partial charge is 0.593 e. The normalized spacial score (nSPS) is 16.1. The van der Waals surface area contributed by atoms with Crippen LogP contribution in [0.1, 0.15) is 13.3 Å². The minimum atomic E-state index is -3.21. The molecule has 0 aliphatic heterocycles. The number of alkyl halides is 2. The minimum absolute atomic E-state index is 0.476. The van der Waals surface area contributed by atoms with E-state index in [1.807, 2.05) is 0 Å². The Morgan fingerprint density at radius 2 is 2.12 bits per heavy atom. The number of hydrogen-bond acceptors (Lipinski definition) is 2. The van der Waals surface area contributed by atoms with Crippen LogP contribution in [-0.2, 0) is 11.4 Å². The maximum Gasteiger partial charge on any atom is 0.424 e. The Kier molecular flexibility index (Phi) is 2.65. The summed E-state index contributed by atoms with van der Waals surface area (Å²) >= 11 is -2.51. The predicted octanol–water partition coefficient (Wildman–Crippen LogP) is 0.612. The Balaban J connectivity index is 3.71. The number of hydrogen-bond donors (Lipinski definition) is 1. The van der Waals surface area contributed by atoms with Gasteiger partial charge in [-0.3, -0.25) is 0 Å². The van der Waals surface area contributed by atoms with Crippen LogP contribution >= 0.6 is 0 Å². The summed E-state index contributed by atoms with van der Waals surface area (Å²) in [6.45, 7) is 1.23. The van der Waals surface area contributed by atoms with E-state index >= 15 is 0 Å². The molecule has 2 nitrogen and oxygen atoms in total. The van der Waals surface area contributed by atoms with Crippen molar-refractivity contribution in [2.75, 3.05) is 0 Å². The lowest BCUT2D eigenvalue weighted by atomic mass is 10.5. The van der Waals surface area contributed by atoms with Crippen molar-refractivity contribution < 1.29 is 13.3 Å².